The van der Waals surface area contributed by atoms with Gasteiger partial charge in [0.05, 0.1) is 5.69 Å². The Morgan fingerprint density at radius 2 is 1.86 bits per heavy atom. The molecule has 0 radical (unpaired) electrons. The van der Waals surface area contributed by atoms with E-state index in [2.05, 4.69) is 25.8 Å². The number of nitrogens with one attached hydrogen (secondary N) is 2. The topological polar surface area (TPSA) is 89.7 Å². The summed E-state index contributed by atoms with van der Waals surface area (Å²) in [6, 6.07) is 9.81. The van der Waals surface area contributed by atoms with E-state index in [0.29, 0.717) is 17.6 Å². The van der Waals surface area contributed by atoms with Crippen LogP contribution >= 0.6 is 0 Å². The van der Waals surface area contributed by atoms with Gasteiger partial charge in [0.2, 0.25) is 5.95 Å². The van der Waals surface area contributed by atoms with Gasteiger partial charge in [0.25, 0.3) is 5.91 Å². The molecule has 3 heterocycles. The van der Waals surface area contributed by atoms with Crippen molar-refractivity contribution in [2.75, 3.05) is 18.4 Å². The summed E-state index contributed by atoms with van der Waals surface area (Å²) in [5, 5.41) is 15.2. The van der Waals surface area contributed by atoms with Crippen molar-refractivity contribution >= 4 is 11.9 Å². The second kappa shape index (κ2) is 7.55. The number of amides is 1. The lowest BCUT2D eigenvalue weighted by Crippen LogP contribution is -2.27. The van der Waals surface area contributed by atoms with Crippen LogP contribution in [0.4, 0.5) is 5.95 Å². The highest BCUT2D eigenvalue weighted by Gasteiger charge is 2.22. The maximum absolute atomic E-state index is 12.7. The molecule has 1 saturated heterocycles. The molecule has 0 unspecified atom stereocenters. The van der Waals surface area contributed by atoms with Crippen molar-refractivity contribution in [2.45, 2.75) is 32.6 Å². The molecule has 0 aliphatic carbocycles. The lowest BCUT2D eigenvalue weighted by atomic mass is 9.98. The molecule has 146 valence electrons. The highest BCUT2D eigenvalue weighted by Crippen LogP contribution is 2.23. The van der Waals surface area contributed by atoms with E-state index >= 15 is 0 Å². The minimum Gasteiger partial charge on any atom is -0.317 e. The maximum atomic E-state index is 12.7. The van der Waals surface area contributed by atoms with Gasteiger partial charge >= 0.3 is 0 Å². The Kier molecular flexibility index (Phi) is 4.95. The SMILES string of the molecule is Cc1ccc(-n2nc(C(=O)Nc3nc(C4CCNCC4)nn3C)cc2C)cc1. The van der Waals surface area contributed by atoms with Crippen molar-refractivity contribution in [1.29, 1.82) is 0 Å². The fraction of sp³-hybridized carbons (Fsp3) is 0.400. The second-order valence-electron chi connectivity index (χ2n) is 7.31. The number of benzene rings is 1. The van der Waals surface area contributed by atoms with Gasteiger partial charge in [-0.1, -0.05) is 17.7 Å². The number of nitrogens with zero attached hydrogens (tertiary/aromatic N) is 5. The Morgan fingerprint density at radius 1 is 1.14 bits per heavy atom. The van der Waals surface area contributed by atoms with E-state index in [1.807, 2.05) is 38.1 Å². The lowest BCUT2D eigenvalue weighted by molar-refractivity contribution is 0.102. The van der Waals surface area contributed by atoms with Crippen LogP contribution in [0.3, 0.4) is 0 Å². The van der Waals surface area contributed by atoms with E-state index in [1.165, 1.54) is 5.56 Å². The third kappa shape index (κ3) is 3.68. The monoisotopic (exact) mass is 379 g/mol. The number of anilines is 1. The molecule has 28 heavy (non-hydrogen) atoms. The molecular formula is C20H25N7O. The van der Waals surface area contributed by atoms with Crippen LogP contribution in [0.1, 0.15) is 46.3 Å². The maximum Gasteiger partial charge on any atom is 0.278 e. The van der Waals surface area contributed by atoms with E-state index < -0.39 is 0 Å². The Morgan fingerprint density at radius 3 is 2.57 bits per heavy atom. The van der Waals surface area contributed by atoms with Gasteiger partial charge in [0.15, 0.2) is 11.5 Å². The molecule has 0 saturated carbocycles. The van der Waals surface area contributed by atoms with Crippen molar-refractivity contribution in [1.82, 2.24) is 29.9 Å². The number of hydrogen-bond acceptors (Lipinski definition) is 5. The first-order valence-electron chi connectivity index (χ1n) is 9.58. The van der Waals surface area contributed by atoms with Crippen LogP contribution in [0.5, 0.6) is 0 Å². The largest absolute Gasteiger partial charge is 0.317 e. The van der Waals surface area contributed by atoms with Gasteiger partial charge in [0.1, 0.15) is 0 Å². The van der Waals surface area contributed by atoms with Crippen molar-refractivity contribution in [2.24, 2.45) is 7.05 Å². The van der Waals surface area contributed by atoms with Crippen molar-refractivity contribution in [3.05, 3.63) is 53.1 Å². The first kappa shape index (κ1) is 18.4. The van der Waals surface area contributed by atoms with Gasteiger partial charge in [-0.2, -0.15) is 15.2 Å². The highest BCUT2D eigenvalue weighted by atomic mass is 16.2. The average molecular weight is 379 g/mol. The average Bonchev–Trinajstić information content (AvgIpc) is 3.26. The van der Waals surface area contributed by atoms with Crippen LogP contribution in [-0.4, -0.2) is 43.5 Å². The summed E-state index contributed by atoms with van der Waals surface area (Å²) in [6.45, 7) is 5.92. The smallest absolute Gasteiger partial charge is 0.278 e. The quantitative estimate of drug-likeness (QED) is 0.726. The van der Waals surface area contributed by atoms with Crippen LogP contribution in [0.2, 0.25) is 0 Å². The molecule has 1 amide bonds. The molecule has 0 bridgehead atoms. The molecule has 8 heteroatoms. The second-order valence-corrected chi connectivity index (χ2v) is 7.31. The fourth-order valence-corrected chi connectivity index (χ4v) is 3.46. The number of rotatable bonds is 4. The Bertz CT molecular complexity index is 981. The number of aromatic nitrogens is 5. The zero-order valence-electron chi connectivity index (χ0n) is 16.4. The number of carbonyl (C=O) groups excluding carboxylic acids is 1. The van der Waals surface area contributed by atoms with E-state index in [0.717, 1.165) is 43.1 Å². The minimum absolute atomic E-state index is 0.290. The fourth-order valence-electron chi connectivity index (χ4n) is 3.46. The van der Waals surface area contributed by atoms with Gasteiger partial charge in [-0.25, -0.2) is 9.36 Å². The summed E-state index contributed by atoms with van der Waals surface area (Å²) in [7, 11) is 1.79. The van der Waals surface area contributed by atoms with E-state index in [-0.39, 0.29) is 5.91 Å². The first-order valence-corrected chi connectivity index (χ1v) is 9.58. The molecule has 1 aliphatic heterocycles. The molecule has 3 aromatic rings. The number of piperidine rings is 1. The molecule has 0 atom stereocenters. The first-order chi connectivity index (χ1) is 13.5. The third-order valence-electron chi connectivity index (χ3n) is 5.11. The van der Waals surface area contributed by atoms with E-state index in [9.17, 15) is 4.79 Å². The number of aryl methyl sites for hydroxylation is 3. The Hall–Kier alpha value is -3.00. The molecular weight excluding hydrogens is 354 g/mol. The van der Waals surface area contributed by atoms with Crippen molar-refractivity contribution in [3.63, 3.8) is 0 Å². The van der Waals surface area contributed by atoms with Crippen LogP contribution in [0.15, 0.2) is 30.3 Å². The van der Waals surface area contributed by atoms with Crippen LogP contribution < -0.4 is 10.6 Å². The standard InChI is InChI=1S/C20H25N7O/c1-13-4-6-16(7-5-13)27-14(2)12-17(24-27)19(28)23-20-22-18(25-26(20)3)15-8-10-21-11-9-15/h4-7,12,15,21H,8-11H2,1-3H3,(H,22,23,25,28). The zero-order chi connectivity index (χ0) is 19.7. The van der Waals surface area contributed by atoms with E-state index in [1.54, 1.807) is 22.5 Å². The van der Waals surface area contributed by atoms with E-state index in [4.69, 9.17) is 0 Å². The normalized spacial score (nSPS) is 15.0. The Balaban J connectivity index is 1.52. The van der Waals surface area contributed by atoms with Crippen LogP contribution in [0, 0.1) is 13.8 Å². The summed E-state index contributed by atoms with van der Waals surface area (Å²) in [5.74, 6) is 1.28. The summed E-state index contributed by atoms with van der Waals surface area (Å²) < 4.78 is 3.39. The van der Waals surface area contributed by atoms with Gasteiger partial charge in [-0.05, 0) is 58.0 Å². The van der Waals surface area contributed by atoms with Gasteiger partial charge in [-0.15, -0.1) is 0 Å². The number of carbonyl (C=O) groups is 1. The predicted octanol–water partition coefficient (Wildman–Crippen LogP) is 2.34. The molecule has 0 spiro atoms. The number of hydrogen-bond donors (Lipinski definition) is 2. The van der Waals surface area contributed by atoms with Crippen molar-refractivity contribution < 1.29 is 4.79 Å². The minimum atomic E-state index is -0.290. The molecule has 1 aliphatic rings. The summed E-state index contributed by atoms with van der Waals surface area (Å²) >= 11 is 0. The van der Waals surface area contributed by atoms with Gasteiger partial charge in [-0.3, -0.25) is 10.1 Å². The molecule has 8 nitrogen and oxygen atoms in total. The molecule has 2 aromatic heterocycles. The van der Waals surface area contributed by atoms with Crippen LogP contribution in [-0.2, 0) is 7.05 Å². The molecule has 2 N–H and O–H groups in total. The molecule has 1 fully saturated rings. The molecule has 4 rings (SSSR count). The molecule has 1 aromatic carbocycles. The highest BCUT2D eigenvalue weighted by molar-refractivity contribution is 6.02. The Labute approximate surface area is 164 Å². The zero-order valence-corrected chi connectivity index (χ0v) is 16.4. The summed E-state index contributed by atoms with van der Waals surface area (Å²) in [6.07, 6.45) is 2.02. The van der Waals surface area contributed by atoms with Gasteiger partial charge in [0, 0.05) is 18.7 Å². The van der Waals surface area contributed by atoms with Gasteiger partial charge < -0.3 is 5.32 Å². The summed E-state index contributed by atoms with van der Waals surface area (Å²) in [5.41, 5.74) is 3.35. The third-order valence-corrected chi connectivity index (χ3v) is 5.11. The summed E-state index contributed by atoms with van der Waals surface area (Å²) in [4.78, 5) is 17.3. The van der Waals surface area contributed by atoms with Crippen molar-refractivity contribution in [3.8, 4) is 5.69 Å². The predicted molar refractivity (Wildman–Crippen MR) is 107 cm³/mol. The van der Waals surface area contributed by atoms with Crippen LogP contribution in [0.25, 0.3) is 5.69 Å². The lowest BCUT2D eigenvalue weighted by Gasteiger charge is -2.19.